The Hall–Kier alpha value is -2.71. The highest BCUT2D eigenvalue weighted by Gasteiger charge is 2.30. The molecule has 1 atom stereocenters. The van der Waals surface area contributed by atoms with Crippen molar-refractivity contribution in [3.8, 4) is 0 Å². The van der Waals surface area contributed by atoms with Gasteiger partial charge in [-0.3, -0.25) is 19.3 Å². The quantitative estimate of drug-likeness (QED) is 0.522. The van der Waals surface area contributed by atoms with Crippen molar-refractivity contribution in [3.63, 3.8) is 0 Å². The normalized spacial score (nSPS) is 18.6. The predicted octanol–water partition coefficient (Wildman–Crippen LogP) is 3.49. The van der Waals surface area contributed by atoms with Crippen molar-refractivity contribution >= 4 is 29.1 Å². The van der Waals surface area contributed by atoms with Gasteiger partial charge in [0.05, 0.1) is 19.1 Å². The lowest BCUT2D eigenvalue weighted by molar-refractivity contribution is -0.145. The van der Waals surface area contributed by atoms with Gasteiger partial charge in [-0.25, -0.2) is 0 Å². The molecule has 2 aliphatic heterocycles. The van der Waals surface area contributed by atoms with Crippen LogP contribution in [0.5, 0.6) is 0 Å². The number of benzene rings is 1. The fourth-order valence-electron chi connectivity index (χ4n) is 5.05. The summed E-state index contributed by atoms with van der Waals surface area (Å²) >= 11 is 1.83. The molecule has 0 N–H and O–H groups in total. The minimum Gasteiger partial charge on any atom is -0.466 e. The van der Waals surface area contributed by atoms with Gasteiger partial charge in [-0.1, -0.05) is 30.3 Å². The molecule has 2 aromatic rings. The fraction of sp³-hybridized carbons (Fsp3) is 0.519. The van der Waals surface area contributed by atoms with Crippen molar-refractivity contribution < 1.29 is 19.1 Å². The summed E-state index contributed by atoms with van der Waals surface area (Å²) in [5.41, 5.74) is 2.64. The van der Waals surface area contributed by atoms with Gasteiger partial charge in [0.25, 0.3) is 0 Å². The van der Waals surface area contributed by atoms with E-state index in [1.165, 1.54) is 16.0 Å². The molecule has 4 rings (SSSR count). The monoisotopic (exact) mass is 497 g/mol. The molecule has 1 aromatic carbocycles. The van der Waals surface area contributed by atoms with Gasteiger partial charge in [-0.15, -0.1) is 11.3 Å². The second kappa shape index (κ2) is 12.3. The second-order valence-electron chi connectivity index (χ2n) is 9.07. The molecule has 1 saturated heterocycles. The number of carbonyl (C=O) groups is 3. The zero-order valence-electron chi connectivity index (χ0n) is 20.5. The smallest absolute Gasteiger partial charge is 0.306 e. The first-order valence-electron chi connectivity index (χ1n) is 12.6. The maximum absolute atomic E-state index is 13.1. The standard InChI is InChI=1S/C27H35N3O4S/c1-2-34-26(33)10-9-24(31)28-14-6-15-29(19-18-28)25(32)12-17-30-16-11-23-22(13-20-35-23)27(30)21-7-4-3-5-8-21/h3-5,7-8,13,20,27H,2,6,9-12,14-19H2,1H3. The van der Waals surface area contributed by atoms with Gasteiger partial charge in [0.1, 0.15) is 0 Å². The summed E-state index contributed by atoms with van der Waals surface area (Å²) in [5.74, 6) is -0.236. The van der Waals surface area contributed by atoms with E-state index in [1.54, 1.807) is 11.8 Å². The molecule has 0 radical (unpaired) electrons. The minimum absolute atomic E-state index is 0.0436. The average Bonchev–Trinajstić information content (AvgIpc) is 3.21. The molecule has 3 heterocycles. The number of thiophene rings is 1. The van der Waals surface area contributed by atoms with Crippen LogP contribution in [0.1, 0.15) is 54.7 Å². The highest BCUT2D eigenvalue weighted by Crippen LogP contribution is 2.37. The maximum Gasteiger partial charge on any atom is 0.306 e. The first-order chi connectivity index (χ1) is 17.1. The van der Waals surface area contributed by atoms with Crippen LogP contribution < -0.4 is 0 Å². The highest BCUT2D eigenvalue weighted by atomic mass is 32.1. The number of carbonyl (C=O) groups excluding carboxylic acids is 3. The van der Waals surface area contributed by atoms with Gasteiger partial charge in [-0.05, 0) is 42.3 Å². The van der Waals surface area contributed by atoms with Crippen LogP contribution in [0.15, 0.2) is 41.8 Å². The first kappa shape index (κ1) is 25.4. The Bertz CT molecular complexity index is 1010. The van der Waals surface area contributed by atoms with Crippen LogP contribution in [-0.2, 0) is 25.5 Å². The molecule has 1 aromatic heterocycles. The number of fused-ring (bicyclic) bond motifs is 1. The number of hydrogen-bond acceptors (Lipinski definition) is 6. The zero-order valence-corrected chi connectivity index (χ0v) is 21.3. The van der Waals surface area contributed by atoms with Crippen LogP contribution >= 0.6 is 11.3 Å². The van der Waals surface area contributed by atoms with Crippen LogP contribution in [-0.4, -0.2) is 78.4 Å². The van der Waals surface area contributed by atoms with E-state index in [0.717, 1.165) is 19.4 Å². The lowest BCUT2D eigenvalue weighted by Crippen LogP contribution is -2.40. The van der Waals surface area contributed by atoms with Crippen molar-refractivity contribution in [2.45, 2.75) is 45.1 Å². The Balaban J connectivity index is 1.30. The third kappa shape index (κ3) is 6.49. The molecule has 1 fully saturated rings. The number of esters is 1. The topological polar surface area (TPSA) is 70.2 Å². The highest BCUT2D eigenvalue weighted by molar-refractivity contribution is 7.10. The summed E-state index contributed by atoms with van der Waals surface area (Å²) in [6.07, 6.45) is 2.52. The van der Waals surface area contributed by atoms with Crippen molar-refractivity contribution in [2.24, 2.45) is 0 Å². The van der Waals surface area contributed by atoms with E-state index in [-0.39, 0.29) is 36.7 Å². The van der Waals surface area contributed by atoms with Gasteiger partial charge in [0, 0.05) is 57.0 Å². The van der Waals surface area contributed by atoms with Gasteiger partial charge in [0.2, 0.25) is 11.8 Å². The molecule has 7 nitrogen and oxygen atoms in total. The van der Waals surface area contributed by atoms with E-state index in [2.05, 4.69) is 40.6 Å². The molecule has 2 amide bonds. The third-order valence-electron chi connectivity index (χ3n) is 6.84. The van der Waals surface area contributed by atoms with E-state index in [0.29, 0.717) is 45.8 Å². The van der Waals surface area contributed by atoms with Crippen molar-refractivity contribution in [2.75, 3.05) is 45.9 Å². The van der Waals surface area contributed by atoms with E-state index in [9.17, 15) is 14.4 Å². The van der Waals surface area contributed by atoms with Gasteiger partial charge >= 0.3 is 5.97 Å². The molecule has 0 saturated carbocycles. The van der Waals surface area contributed by atoms with Crippen LogP contribution in [0, 0.1) is 0 Å². The van der Waals surface area contributed by atoms with E-state index >= 15 is 0 Å². The molecular weight excluding hydrogens is 462 g/mol. The fourth-order valence-corrected chi connectivity index (χ4v) is 5.95. The molecule has 2 aliphatic rings. The second-order valence-corrected chi connectivity index (χ2v) is 10.1. The molecule has 188 valence electrons. The Kier molecular flexibility index (Phi) is 8.93. The third-order valence-corrected chi connectivity index (χ3v) is 7.84. The molecule has 1 unspecified atom stereocenters. The van der Waals surface area contributed by atoms with Crippen molar-refractivity contribution in [1.29, 1.82) is 0 Å². The molecule has 8 heteroatoms. The van der Waals surface area contributed by atoms with Crippen LogP contribution in [0.4, 0.5) is 0 Å². The molecule has 0 spiro atoms. The zero-order chi connectivity index (χ0) is 24.6. The summed E-state index contributed by atoms with van der Waals surface area (Å²) in [5, 5.41) is 2.17. The summed E-state index contributed by atoms with van der Waals surface area (Å²) in [6, 6.07) is 13.0. The van der Waals surface area contributed by atoms with Crippen LogP contribution in [0.2, 0.25) is 0 Å². The lowest BCUT2D eigenvalue weighted by atomic mass is 9.93. The molecule has 0 aliphatic carbocycles. The molecule has 35 heavy (non-hydrogen) atoms. The SMILES string of the molecule is CCOC(=O)CCC(=O)N1CCCN(C(=O)CCN2CCc3sccc3C2c2ccccc2)CC1. The van der Waals surface area contributed by atoms with Crippen LogP contribution in [0.3, 0.4) is 0 Å². The number of amides is 2. The average molecular weight is 498 g/mol. The minimum atomic E-state index is -0.339. The van der Waals surface area contributed by atoms with Crippen molar-refractivity contribution in [1.82, 2.24) is 14.7 Å². The van der Waals surface area contributed by atoms with E-state index in [4.69, 9.17) is 4.74 Å². The van der Waals surface area contributed by atoms with Gasteiger partial charge < -0.3 is 14.5 Å². The maximum atomic E-state index is 13.1. The predicted molar refractivity (Wildman–Crippen MR) is 136 cm³/mol. The number of hydrogen-bond donors (Lipinski definition) is 0. The van der Waals surface area contributed by atoms with Crippen LogP contribution in [0.25, 0.3) is 0 Å². The number of nitrogens with zero attached hydrogens (tertiary/aromatic N) is 3. The van der Waals surface area contributed by atoms with Gasteiger partial charge in [-0.2, -0.15) is 0 Å². The summed E-state index contributed by atoms with van der Waals surface area (Å²) in [4.78, 5) is 44.8. The largest absolute Gasteiger partial charge is 0.466 e. The Morgan fingerprint density at radius 3 is 2.34 bits per heavy atom. The van der Waals surface area contributed by atoms with Gasteiger partial charge in [0.15, 0.2) is 0 Å². The van der Waals surface area contributed by atoms with E-state index < -0.39 is 0 Å². The summed E-state index contributed by atoms with van der Waals surface area (Å²) in [6.45, 7) is 6.09. The Labute approximate surface area is 211 Å². The summed E-state index contributed by atoms with van der Waals surface area (Å²) in [7, 11) is 0. The van der Waals surface area contributed by atoms with Crippen molar-refractivity contribution in [3.05, 3.63) is 57.8 Å². The summed E-state index contributed by atoms with van der Waals surface area (Å²) < 4.78 is 4.91. The molecule has 0 bridgehead atoms. The lowest BCUT2D eigenvalue weighted by Gasteiger charge is -2.36. The Morgan fingerprint density at radius 2 is 1.63 bits per heavy atom. The molecular formula is C27H35N3O4S. The number of rotatable bonds is 8. The first-order valence-corrected chi connectivity index (χ1v) is 13.5. The van der Waals surface area contributed by atoms with E-state index in [1.807, 2.05) is 22.3 Å². The Morgan fingerprint density at radius 1 is 0.914 bits per heavy atom. The number of ether oxygens (including phenoxy) is 1.